The lowest BCUT2D eigenvalue weighted by Gasteiger charge is -2.42. The van der Waals surface area contributed by atoms with Gasteiger partial charge in [-0.25, -0.2) is 0 Å². The van der Waals surface area contributed by atoms with E-state index in [9.17, 15) is 15.3 Å². The van der Waals surface area contributed by atoms with E-state index in [1.165, 1.54) is 6.08 Å². The van der Waals surface area contributed by atoms with Crippen LogP contribution in [0, 0.1) is 0 Å². The van der Waals surface area contributed by atoms with Crippen molar-refractivity contribution in [3.05, 3.63) is 12.7 Å². The topological polar surface area (TPSA) is 99.4 Å². The number of aliphatic hydroxyl groups is 4. The van der Waals surface area contributed by atoms with Crippen molar-refractivity contribution in [2.75, 3.05) is 6.61 Å². The van der Waals surface area contributed by atoms with Crippen molar-refractivity contribution in [3.8, 4) is 0 Å². The maximum atomic E-state index is 9.70. The van der Waals surface area contributed by atoms with E-state index in [0.717, 1.165) is 0 Å². The van der Waals surface area contributed by atoms with Gasteiger partial charge in [-0.2, -0.15) is 0 Å². The van der Waals surface area contributed by atoms with E-state index in [2.05, 4.69) is 6.58 Å². The summed E-state index contributed by atoms with van der Waals surface area (Å²) in [4.78, 5) is 0. The van der Waals surface area contributed by atoms with Gasteiger partial charge in [0.1, 0.15) is 24.4 Å². The molecular weight excluding hydrogens is 228 g/mol. The van der Waals surface area contributed by atoms with Crippen LogP contribution in [0.5, 0.6) is 0 Å². The van der Waals surface area contributed by atoms with Crippen LogP contribution in [0.25, 0.3) is 0 Å². The number of aliphatic hydroxyl groups excluding tert-OH is 4. The second-order valence-electron chi connectivity index (χ2n) is 4.62. The molecule has 6 nitrogen and oxygen atoms in total. The zero-order valence-electron chi connectivity index (χ0n) is 9.98. The van der Waals surface area contributed by atoms with E-state index < -0.39 is 42.9 Å². The lowest BCUT2D eigenvalue weighted by Crippen LogP contribution is -2.60. The van der Waals surface area contributed by atoms with Crippen molar-refractivity contribution >= 4 is 0 Å². The Morgan fingerprint density at radius 1 is 1.24 bits per heavy atom. The predicted octanol–water partition coefficient (Wildman–Crippen LogP) is -1.23. The largest absolute Gasteiger partial charge is 0.394 e. The zero-order valence-corrected chi connectivity index (χ0v) is 9.98. The van der Waals surface area contributed by atoms with Gasteiger partial charge in [-0.1, -0.05) is 6.08 Å². The highest BCUT2D eigenvalue weighted by Gasteiger charge is 2.45. The summed E-state index contributed by atoms with van der Waals surface area (Å²) in [5.74, 6) is 0. The third-order valence-electron chi connectivity index (χ3n) is 2.76. The quantitative estimate of drug-likeness (QED) is 0.465. The molecule has 1 aliphatic rings. The predicted molar refractivity (Wildman–Crippen MR) is 59.1 cm³/mol. The molecule has 6 heteroatoms. The van der Waals surface area contributed by atoms with Crippen LogP contribution in [-0.2, 0) is 9.47 Å². The third-order valence-corrected chi connectivity index (χ3v) is 2.76. The lowest BCUT2D eigenvalue weighted by molar-refractivity contribution is -0.317. The van der Waals surface area contributed by atoms with E-state index in [1.807, 2.05) is 0 Å². The Bertz CT molecular complexity index is 265. The van der Waals surface area contributed by atoms with Gasteiger partial charge in [-0.15, -0.1) is 6.58 Å². The van der Waals surface area contributed by atoms with E-state index >= 15 is 0 Å². The molecule has 17 heavy (non-hydrogen) atoms. The molecule has 5 atom stereocenters. The summed E-state index contributed by atoms with van der Waals surface area (Å²) in [6.07, 6.45) is -4.74. The first-order valence-electron chi connectivity index (χ1n) is 5.44. The molecule has 0 aromatic heterocycles. The summed E-state index contributed by atoms with van der Waals surface area (Å²) < 4.78 is 10.6. The summed E-state index contributed by atoms with van der Waals surface area (Å²) in [6.45, 7) is 6.52. The fourth-order valence-corrected chi connectivity index (χ4v) is 1.51. The zero-order chi connectivity index (χ0) is 13.2. The molecule has 1 heterocycles. The minimum Gasteiger partial charge on any atom is -0.394 e. The summed E-state index contributed by atoms with van der Waals surface area (Å²) in [6, 6.07) is 0. The number of ether oxygens (including phenoxy) is 2. The van der Waals surface area contributed by atoms with E-state index in [0.29, 0.717) is 0 Å². The Morgan fingerprint density at radius 2 is 1.82 bits per heavy atom. The third kappa shape index (κ3) is 3.25. The Hall–Kier alpha value is -0.500. The van der Waals surface area contributed by atoms with Gasteiger partial charge in [0.25, 0.3) is 0 Å². The van der Waals surface area contributed by atoms with E-state index in [1.54, 1.807) is 13.8 Å². The summed E-state index contributed by atoms with van der Waals surface area (Å²) in [5, 5.41) is 37.8. The first-order chi connectivity index (χ1) is 7.82. The summed E-state index contributed by atoms with van der Waals surface area (Å²) >= 11 is 0. The number of hydrogen-bond donors (Lipinski definition) is 4. The first-order valence-corrected chi connectivity index (χ1v) is 5.44. The van der Waals surface area contributed by atoms with Gasteiger partial charge < -0.3 is 29.9 Å². The normalized spacial score (nSPS) is 39.1. The van der Waals surface area contributed by atoms with Crippen LogP contribution in [-0.4, -0.2) is 63.3 Å². The summed E-state index contributed by atoms with van der Waals surface area (Å²) in [7, 11) is 0. The SMILES string of the molecule is C=CC(C)(C)O[C@@H]1O[C@H](CO)[C@@H](O)[C@H](O)[C@H]1O. The molecule has 1 aliphatic heterocycles. The Morgan fingerprint density at radius 3 is 2.29 bits per heavy atom. The highest BCUT2D eigenvalue weighted by atomic mass is 16.7. The molecule has 1 saturated heterocycles. The molecule has 0 amide bonds. The fraction of sp³-hybridized carbons (Fsp3) is 0.818. The Balaban J connectivity index is 2.75. The molecule has 100 valence electrons. The van der Waals surface area contributed by atoms with Crippen molar-refractivity contribution in [2.45, 2.75) is 50.2 Å². The maximum Gasteiger partial charge on any atom is 0.187 e. The van der Waals surface area contributed by atoms with Crippen LogP contribution < -0.4 is 0 Å². The average Bonchev–Trinajstić information content (AvgIpc) is 2.30. The molecule has 4 N–H and O–H groups in total. The van der Waals surface area contributed by atoms with Gasteiger partial charge in [-0.3, -0.25) is 0 Å². The molecular formula is C11H20O6. The summed E-state index contributed by atoms with van der Waals surface area (Å²) in [5.41, 5.74) is -0.756. The molecule has 0 saturated carbocycles. The standard InChI is InChI=1S/C11H20O6/c1-4-11(2,3)17-10-9(15)8(14)7(13)6(5-12)16-10/h4,6-10,12-15H,1,5H2,2-3H3/t6-,7-,8+,9-,10+/m1/s1. The molecule has 0 aromatic carbocycles. The molecule has 0 aliphatic carbocycles. The van der Waals surface area contributed by atoms with Crippen LogP contribution in [0.3, 0.4) is 0 Å². The number of rotatable bonds is 4. The molecule has 1 rings (SSSR count). The lowest BCUT2D eigenvalue weighted by atomic mass is 9.99. The van der Waals surface area contributed by atoms with Crippen molar-refractivity contribution in [2.24, 2.45) is 0 Å². The van der Waals surface area contributed by atoms with Crippen molar-refractivity contribution in [1.29, 1.82) is 0 Å². The molecule has 0 radical (unpaired) electrons. The minimum atomic E-state index is -1.42. The second-order valence-corrected chi connectivity index (χ2v) is 4.62. The van der Waals surface area contributed by atoms with E-state index in [-0.39, 0.29) is 0 Å². The number of hydrogen-bond acceptors (Lipinski definition) is 6. The smallest absolute Gasteiger partial charge is 0.187 e. The molecule has 1 fully saturated rings. The first kappa shape index (κ1) is 14.6. The monoisotopic (exact) mass is 248 g/mol. The van der Waals surface area contributed by atoms with Crippen molar-refractivity contribution in [3.63, 3.8) is 0 Å². The van der Waals surface area contributed by atoms with Gasteiger partial charge in [0.05, 0.1) is 12.2 Å². The molecule has 0 bridgehead atoms. The van der Waals surface area contributed by atoms with Gasteiger partial charge >= 0.3 is 0 Å². The maximum absolute atomic E-state index is 9.70. The average molecular weight is 248 g/mol. The van der Waals surface area contributed by atoms with Crippen LogP contribution in [0.4, 0.5) is 0 Å². The van der Waals surface area contributed by atoms with Gasteiger partial charge in [0.15, 0.2) is 6.29 Å². The van der Waals surface area contributed by atoms with Gasteiger partial charge in [0, 0.05) is 0 Å². The molecule has 0 aromatic rings. The van der Waals surface area contributed by atoms with Crippen LogP contribution >= 0.6 is 0 Å². The minimum absolute atomic E-state index is 0.473. The van der Waals surface area contributed by atoms with Crippen LogP contribution in [0.2, 0.25) is 0 Å². The fourth-order valence-electron chi connectivity index (χ4n) is 1.51. The van der Waals surface area contributed by atoms with Crippen LogP contribution in [0.1, 0.15) is 13.8 Å². The second kappa shape index (κ2) is 5.43. The molecule has 0 spiro atoms. The Labute approximate surface area is 100 Å². The van der Waals surface area contributed by atoms with Gasteiger partial charge in [0.2, 0.25) is 0 Å². The highest BCUT2D eigenvalue weighted by molar-refractivity contribution is 4.94. The van der Waals surface area contributed by atoms with Crippen molar-refractivity contribution < 1.29 is 29.9 Å². The van der Waals surface area contributed by atoms with E-state index in [4.69, 9.17) is 14.6 Å². The Kier molecular flexibility index (Phi) is 4.65. The van der Waals surface area contributed by atoms with Gasteiger partial charge in [-0.05, 0) is 13.8 Å². The van der Waals surface area contributed by atoms with Crippen molar-refractivity contribution in [1.82, 2.24) is 0 Å². The highest BCUT2D eigenvalue weighted by Crippen LogP contribution is 2.25. The molecule has 0 unspecified atom stereocenters. The van der Waals surface area contributed by atoms with Crippen LogP contribution in [0.15, 0.2) is 12.7 Å².